The summed E-state index contributed by atoms with van der Waals surface area (Å²) in [5.74, 6) is 0.0257. The Morgan fingerprint density at radius 1 is 0.919 bits per heavy atom. The fraction of sp³-hybridized carbons (Fsp3) is 0.281. The predicted octanol–water partition coefficient (Wildman–Crippen LogP) is 6.11. The summed E-state index contributed by atoms with van der Waals surface area (Å²) in [7, 11) is 0. The smallest absolute Gasteiger partial charge is 0.153 e. The Labute approximate surface area is 217 Å². The van der Waals surface area contributed by atoms with Crippen LogP contribution in [0.25, 0.3) is 22.4 Å². The van der Waals surface area contributed by atoms with E-state index in [1.807, 2.05) is 44.2 Å². The average Bonchev–Trinajstić information content (AvgIpc) is 2.95. The molecule has 182 valence electrons. The largest absolute Gasteiger partial charge is 0.298 e. The van der Waals surface area contributed by atoms with Gasteiger partial charge in [0.15, 0.2) is 5.78 Å². The van der Waals surface area contributed by atoms with E-state index in [4.69, 9.17) is 9.97 Å². The normalized spacial score (nSPS) is 24.6. The van der Waals surface area contributed by atoms with Gasteiger partial charge in [0.05, 0.1) is 17.5 Å². The van der Waals surface area contributed by atoms with Crippen molar-refractivity contribution >= 4 is 5.78 Å². The van der Waals surface area contributed by atoms with Crippen molar-refractivity contribution in [1.82, 2.24) is 15.0 Å². The number of fused-ring (bicyclic) bond motifs is 3. The van der Waals surface area contributed by atoms with Gasteiger partial charge in [0.1, 0.15) is 11.7 Å². The molecule has 5 heteroatoms. The van der Waals surface area contributed by atoms with Gasteiger partial charge in [0, 0.05) is 34.9 Å². The summed E-state index contributed by atoms with van der Waals surface area (Å²) in [5.41, 5.74) is 7.03. The molecule has 4 atom stereocenters. The fourth-order valence-electron chi connectivity index (χ4n) is 6.70. The number of benzene rings is 2. The van der Waals surface area contributed by atoms with Gasteiger partial charge in [-0.3, -0.25) is 9.78 Å². The number of hydrogen-bond acceptors (Lipinski definition) is 5. The van der Waals surface area contributed by atoms with E-state index in [1.54, 1.807) is 12.4 Å². The Morgan fingerprint density at radius 2 is 1.59 bits per heavy atom. The van der Waals surface area contributed by atoms with Crippen molar-refractivity contribution in [2.45, 2.75) is 38.5 Å². The first-order valence-electron chi connectivity index (χ1n) is 12.9. The fourth-order valence-corrected chi connectivity index (χ4v) is 6.70. The number of nitrogens with zero attached hydrogens (tertiary/aromatic N) is 4. The van der Waals surface area contributed by atoms with Crippen molar-refractivity contribution < 1.29 is 4.79 Å². The van der Waals surface area contributed by atoms with Crippen LogP contribution in [0, 0.1) is 36.0 Å². The topological polar surface area (TPSA) is 79.5 Å². The molecule has 1 fully saturated rings. The Balaban J connectivity index is 1.54. The van der Waals surface area contributed by atoms with Gasteiger partial charge in [0.25, 0.3) is 0 Å². The standard InChI is InChI=1S/C32H28N4O/c1-20-28-13-12-27-29(24-10-8-22(9-11-24)23-14-16-34-17-15-23)35-21(2)36-31(27)32(28,18-25(19-33)30(20)37)26-6-4-3-5-7-26/h3-11,14-17,20,25,28H,12-13,18H2,1-2H3/t20-,25?,28-,32+/m0/s1. The summed E-state index contributed by atoms with van der Waals surface area (Å²) in [5, 5.41) is 9.98. The predicted molar refractivity (Wildman–Crippen MR) is 142 cm³/mol. The number of Topliss-reactive ketones (excluding diaryl/α,β-unsaturated/α-hetero) is 1. The minimum Gasteiger partial charge on any atom is -0.298 e. The summed E-state index contributed by atoms with van der Waals surface area (Å²) in [6.45, 7) is 3.95. The second-order valence-electron chi connectivity index (χ2n) is 10.3. The number of carbonyl (C=O) groups excluding carboxylic acids is 1. The summed E-state index contributed by atoms with van der Waals surface area (Å²) in [6, 6.07) is 25.2. The van der Waals surface area contributed by atoms with Crippen molar-refractivity contribution in [3.05, 3.63) is 102 Å². The first kappa shape index (κ1) is 23.2. The Hall–Kier alpha value is -4.17. The molecule has 1 saturated carbocycles. The van der Waals surface area contributed by atoms with Gasteiger partial charge in [-0.05, 0) is 60.9 Å². The third-order valence-corrected chi connectivity index (χ3v) is 8.42. The Kier molecular flexibility index (Phi) is 5.68. The molecule has 2 aliphatic carbocycles. The molecule has 0 amide bonds. The summed E-state index contributed by atoms with van der Waals surface area (Å²) in [6.07, 6.45) is 5.74. The van der Waals surface area contributed by atoms with Crippen molar-refractivity contribution in [3.8, 4) is 28.5 Å². The number of pyridine rings is 1. The highest BCUT2D eigenvalue weighted by Gasteiger charge is 2.56. The lowest BCUT2D eigenvalue weighted by molar-refractivity contribution is -0.131. The van der Waals surface area contributed by atoms with Crippen LogP contribution in [-0.2, 0) is 16.6 Å². The zero-order chi connectivity index (χ0) is 25.6. The molecule has 5 nitrogen and oxygen atoms in total. The highest BCUT2D eigenvalue weighted by atomic mass is 16.1. The van der Waals surface area contributed by atoms with Crippen LogP contribution in [0.3, 0.4) is 0 Å². The van der Waals surface area contributed by atoms with Crippen LogP contribution >= 0.6 is 0 Å². The first-order valence-corrected chi connectivity index (χ1v) is 12.9. The van der Waals surface area contributed by atoms with E-state index in [2.05, 4.69) is 47.5 Å². The number of carbonyl (C=O) groups is 1. The third-order valence-electron chi connectivity index (χ3n) is 8.42. The van der Waals surface area contributed by atoms with Gasteiger partial charge < -0.3 is 0 Å². The molecular formula is C32H28N4O. The van der Waals surface area contributed by atoms with E-state index in [0.717, 1.165) is 52.0 Å². The van der Waals surface area contributed by atoms with Crippen LogP contribution in [0.2, 0.25) is 0 Å². The number of rotatable bonds is 3. The third kappa shape index (κ3) is 3.67. The highest BCUT2D eigenvalue weighted by Crippen LogP contribution is 2.56. The minimum absolute atomic E-state index is 0.0696. The lowest BCUT2D eigenvalue weighted by Crippen LogP contribution is -2.53. The van der Waals surface area contributed by atoms with Gasteiger partial charge in [-0.25, -0.2) is 9.97 Å². The highest BCUT2D eigenvalue weighted by molar-refractivity contribution is 5.87. The van der Waals surface area contributed by atoms with E-state index in [9.17, 15) is 10.1 Å². The minimum atomic E-state index is -0.643. The van der Waals surface area contributed by atoms with Gasteiger partial charge in [-0.1, -0.05) is 61.5 Å². The molecule has 1 unspecified atom stereocenters. The molecular weight excluding hydrogens is 456 g/mol. The van der Waals surface area contributed by atoms with Crippen molar-refractivity contribution in [2.75, 3.05) is 0 Å². The maximum Gasteiger partial charge on any atom is 0.153 e. The summed E-state index contributed by atoms with van der Waals surface area (Å²) < 4.78 is 0. The number of hydrogen-bond donors (Lipinski definition) is 0. The number of ketones is 1. The monoisotopic (exact) mass is 484 g/mol. The zero-order valence-corrected chi connectivity index (χ0v) is 21.1. The SMILES string of the molecule is Cc1nc(-c2ccc(-c3ccncc3)cc2)c2c(n1)[C@@]1(c3ccccc3)CC(C#N)C(=O)[C@@H](C)[C@@H]1CC2. The van der Waals surface area contributed by atoms with Gasteiger partial charge in [-0.15, -0.1) is 0 Å². The van der Waals surface area contributed by atoms with Crippen LogP contribution in [-0.4, -0.2) is 20.7 Å². The van der Waals surface area contributed by atoms with Crippen molar-refractivity contribution in [1.29, 1.82) is 5.26 Å². The second-order valence-corrected chi connectivity index (χ2v) is 10.3. The van der Waals surface area contributed by atoms with Crippen molar-refractivity contribution in [2.24, 2.45) is 17.8 Å². The molecule has 0 N–H and O–H groups in total. The van der Waals surface area contributed by atoms with Crippen LogP contribution in [0.1, 0.15) is 42.4 Å². The van der Waals surface area contributed by atoms with E-state index in [-0.39, 0.29) is 17.6 Å². The average molecular weight is 485 g/mol. The first-order chi connectivity index (χ1) is 18.0. The molecule has 0 aliphatic heterocycles. The lowest BCUT2D eigenvalue weighted by atomic mass is 9.50. The zero-order valence-electron chi connectivity index (χ0n) is 21.1. The van der Waals surface area contributed by atoms with Crippen LogP contribution in [0.5, 0.6) is 0 Å². The maximum atomic E-state index is 13.1. The molecule has 0 radical (unpaired) electrons. The number of aromatic nitrogens is 3. The van der Waals surface area contributed by atoms with Crippen LogP contribution in [0.15, 0.2) is 79.1 Å². The number of aryl methyl sites for hydroxylation is 1. The molecule has 2 aromatic heterocycles. The molecule has 2 aliphatic rings. The molecule has 2 aromatic carbocycles. The van der Waals surface area contributed by atoms with E-state index < -0.39 is 11.3 Å². The molecule has 0 saturated heterocycles. The van der Waals surface area contributed by atoms with Gasteiger partial charge >= 0.3 is 0 Å². The Morgan fingerprint density at radius 3 is 2.30 bits per heavy atom. The quantitative estimate of drug-likeness (QED) is 0.350. The van der Waals surface area contributed by atoms with Gasteiger partial charge in [-0.2, -0.15) is 5.26 Å². The second kappa shape index (κ2) is 9.05. The molecule has 6 rings (SSSR count). The maximum absolute atomic E-state index is 13.1. The Bertz CT molecular complexity index is 1510. The summed E-state index contributed by atoms with van der Waals surface area (Å²) >= 11 is 0. The molecule has 2 heterocycles. The van der Waals surface area contributed by atoms with Crippen LogP contribution in [0.4, 0.5) is 0 Å². The lowest BCUT2D eigenvalue weighted by Gasteiger charge is -2.51. The summed E-state index contributed by atoms with van der Waals surface area (Å²) in [4.78, 5) is 27.3. The molecule has 0 spiro atoms. The molecule has 4 aromatic rings. The van der Waals surface area contributed by atoms with Crippen molar-refractivity contribution in [3.63, 3.8) is 0 Å². The molecule has 0 bridgehead atoms. The van der Waals surface area contributed by atoms with Crippen LogP contribution < -0.4 is 0 Å². The van der Waals surface area contributed by atoms with Gasteiger partial charge in [0.2, 0.25) is 0 Å². The van der Waals surface area contributed by atoms with E-state index >= 15 is 0 Å². The molecule has 37 heavy (non-hydrogen) atoms. The van der Waals surface area contributed by atoms with E-state index in [1.165, 1.54) is 0 Å². The number of nitriles is 1. The van der Waals surface area contributed by atoms with E-state index in [0.29, 0.717) is 12.2 Å².